The average molecular weight is 314 g/mol. The molecule has 0 fully saturated rings. The Bertz CT molecular complexity index is 629. The summed E-state index contributed by atoms with van der Waals surface area (Å²) in [6.07, 6.45) is 5.47. The lowest BCUT2D eigenvalue weighted by molar-refractivity contribution is 0.100. The van der Waals surface area contributed by atoms with E-state index in [1.165, 1.54) is 18.4 Å². The highest BCUT2D eigenvalue weighted by atomic mass is 35.5. The fourth-order valence-electron chi connectivity index (χ4n) is 2.12. The van der Waals surface area contributed by atoms with Crippen molar-refractivity contribution in [2.75, 3.05) is 0 Å². The molecule has 2 rings (SSSR count). The van der Waals surface area contributed by atoms with E-state index in [2.05, 4.69) is 24.0 Å². The molecule has 0 saturated heterocycles. The van der Waals surface area contributed by atoms with Gasteiger partial charge in [-0.25, -0.2) is 0 Å². The van der Waals surface area contributed by atoms with Gasteiger partial charge in [-0.15, -0.1) is 0 Å². The summed E-state index contributed by atoms with van der Waals surface area (Å²) in [5, 5.41) is 0.633. The van der Waals surface area contributed by atoms with Crippen molar-refractivity contribution in [2.24, 2.45) is 4.99 Å². The second-order valence-electron chi connectivity index (χ2n) is 5.22. The van der Waals surface area contributed by atoms with E-state index in [-0.39, 0.29) is 5.78 Å². The van der Waals surface area contributed by atoms with Crippen LogP contribution in [0.1, 0.15) is 42.1 Å². The smallest absolute Gasteiger partial charge is 0.168 e. The summed E-state index contributed by atoms with van der Waals surface area (Å²) in [4.78, 5) is 16.3. The first-order valence-corrected chi connectivity index (χ1v) is 7.97. The maximum Gasteiger partial charge on any atom is 0.168 e. The molecule has 0 aliphatic heterocycles. The molecule has 2 aromatic rings. The largest absolute Gasteiger partial charge is 0.294 e. The van der Waals surface area contributed by atoms with Crippen LogP contribution in [-0.2, 0) is 6.42 Å². The van der Waals surface area contributed by atoms with E-state index >= 15 is 0 Å². The number of aryl methyl sites for hydroxylation is 1. The van der Waals surface area contributed by atoms with Gasteiger partial charge in [0, 0.05) is 23.2 Å². The Morgan fingerprint density at radius 1 is 1.09 bits per heavy atom. The van der Waals surface area contributed by atoms with Crippen LogP contribution >= 0.6 is 11.6 Å². The highest BCUT2D eigenvalue weighted by Gasteiger charge is 2.03. The first kappa shape index (κ1) is 16.4. The van der Waals surface area contributed by atoms with Gasteiger partial charge >= 0.3 is 0 Å². The van der Waals surface area contributed by atoms with E-state index in [0.29, 0.717) is 17.0 Å². The Balaban J connectivity index is 1.89. The van der Waals surface area contributed by atoms with Crippen molar-refractivity contribution >= 4 is 29.3 Å². The molecule has 0 unspecified atom stereocenters. The number of rotatable bonds is 7. The minimum Gasteiger partial charge on any atom is -0.294 e. The summed E-state index contributed by atoms with van der Waals surface area (Å²) in [5.74, 6) is 0.0417. The van der Waals surface area contributed by atoms with Crippen LogP contribution in [0.3, 0.4) is 0 Å². The summed E-state index contributed by atoms with van der Waals surface area (Å²) in [6, 6.07) is 15.1. The van der Waals surface area contributed by atoms with E-state index in [1.54, 1.807) is 30.5 Å². The van der Waals surface area contributed by atoms with Gasteiger partial charge in [0.1, 0.15) is 0 Å². The number of Topliss-reactive ketones (excluding diaryl/α,β-unsaturated/α-hetero) is 1. The maximum atomic E-state index is 12.0. The van der Waals surface area contributed by atoms with E-state index < -0.39 is 0 Å². The molecule has 0 aromatic heterocycles. The van der Waals surface area contributed by atoms with Gasteiger partial charge in [0.15, 0.2) is 5.78 Å². The van der Waals surface area contributed by atoms with Crippen LogP contribution in [0.15, 0.2) is 53.5 Å². The van der Waals surface area contributed by atoms with Gasteiger partial charge < -0.3 is 0 Å². The number of hydrogen-bond donors (Lipinski definition) is 0. The van der Waals surface area contributed by atoms with Crippen molar-refractivity contribution in [3.63, 3.8) is 0 Å². The molecule has 0 saturated carbocycles. The van der Waals surface area contributed by atoms with Crippen LogP contribution in [-0.4, -0.2) is 12.0 Å². The summed E-state index contributed by atoms with van der Waals surface area (Å²) in [7, 11) is 0. The fraction of sp³-hybridized carbons (Fsp3) is 0.263. The molecule has 114 valence electrons. The molecule has 0 N–H and O–H groups in total. The Kier molecular flexibility index (Phi) is 6.35. The number of carbonyl (C=O) groups is 1. The van der Waals surface area contributed by atoms with Gasteiger partial charge in [-0.05, 0) is 54.8 Å². The lowest BCUT2D eigenvalue weighted by Gasteiger charge is -2.00. The maximum absolute atomic E-state index is 12.0. The molecule has 2 aromatic carbocycles. The molecule has 22 heavy (non-hydrogen) atoms. The third-order valence-corrected chi connectivity index (χ3v) is 3.69. The predicted octanol–water partition coefficient (Wildman–Crippen LogP) is 5.66. The quantitative estimate of drug-likeness (QED) is 0.479. The number of benzene rings is 2. The molecular weight excluding hydrogens is 294 g/mol. The van der Waals surface area contributed by atoms with Gasteiger partial charge in [-0.2, -0.15) is 0 Å². The zero-order valence-corrected chi connectivity index (χ0v) is 13.5. The normalized spacial score (nSPS) is 11.0. The molecule has 0 radical (unpaired) electrons. The van der Waals surface area contributed by atoms with Crippen LogP contribution in [0, 0.1) is 0 Å². The molecule has 3 heteroatoms. The molecular formula is C19H20ClNO. The number of hydrogen-bond acceptors (Lipinski definition) is 2. The van der Waals surface area contributed by atoms with Gasteiger partial charge in [0.25, 0.3) is 0 Å². The molecule has 0 aliphatic carbocycles. The Morgan fingerprint density at radius 3 is 2.41 bits per heavy atom. The van der Waals surface area contributed by atoms with Crippen molar-refractivity contribution in [1.29, 1.82) is 0 Å². The van der Waals surface area contributed by atoms with E-state index in [0.717, 1.165) is 12.1 Å². The van der Waals surface area contributed by atoms with Gasteiger partial charge in [-0.1, -0.05) is 37.1 Å². The minimum atomic E-state index is 0.0417. The van der Waals surface area contributed by atoms with E-state index in [1.807, 2.05) is 12.1 Å². The fourth-order valence-corrected chi connectivity index (χ4v) is 2.24. The molecule has 0 bridgehead atoms. The SMILES string of the molecule is CCCCc1ccc(N=CCC(=O)c2ccc(Cl)cc2)cc1. The van der Waals surface area contributed by atoms with Gasteiger partial charge in [0.05, 0.1) is 5.69 Å². The van der Waals surface area contributed by atoms with E-state index in [4.69, 9.17) is 11.6 Å². The topological polar surface area (TPSA) is 29.4 Å². The number of ketones is 1. The Morgan fingerprint density at radius 2 is 1.77 bits per heavy atom. The number of aliphatic imine (C=N–C) groups is 1. The third kappa shape index (κ3) is 5.12. The molecule has 0 aliphatic rings. The highest BCUT2D eigenvalue weighted by Crippen LogP contribution is 2.15. The number of nitrogens with zero attached hydrogens (tertiary/aromatic N) is 1. The summed E-state index contributed by atoms with van der Waals surface area (Å²) in [6.45, 7) is 2.19. The summed E-state index contributed by atoms with van der Waals surface area (Å²) >= 11 is 5.81. The number of unbranched alkanes of at least 4 members (excludes halogenated alkanes) is 1. The zero-order chi connectivity index (χ0) is 15.8. The van der Waals surface area contributed by atoms with Crippen LogP contribution < -0.4 is 0 Å². The molecule has 0 spiro atoms. The average Bonchev–Trinajstić information content (AvgIpc) is 2.54. The minimum absolute atomic E-state index is 0.0417. The van der Waals surface area contributed by atoms with Gasteiger partial charge in [0.2, 0.25) is 0 Å². The first-order chi connectivity index (χ1) is 10.7. The second-order valence-corrected chi connectivity index (χ2v) is 5.65. The van der Waals surface area contributed by atoms with Crippen molar-refractivity contribution in [3.05, 3.63) is 64.7 Å². The van der Waals surface area contributed by atoms with Crippen molar-refractivity contribution in [3.8, 4) is 0 Å². The van der Waals surface area contributed by atoms with Gasteiger partial charge in [-0.3, -0.25) is 9.79 Å². The predicted molar refractivity (Wildman–Crippen MR) is 93.6 cm³/mol. The molecule has 2 nitrogen and oxygen atoms in total. The first-order valence-electron chi connectivity index (χ1n) is 7.59. The van der Waals surface area contributed by atoms with Crippen molar-refractivity contribution < 1.29 is 4.79 Å². The lowest BCUT2D eigenvalue weighted by Crippen LogP contribution is -1.98. The number of halogens is 1. The summed E-state index contributed by atoms with van der Waals surface area (Å²) < 4.78 is 0. The van der Waals surface area contributed by atoms with Crippen molar-refractivity contribution in [1.82, 2.24) is 0 Å². The monoisotopic (exact) mass is 313 g/mol. The molecule has 0 heterocycles. The zero-order valence-electron chi connectivity index (χ0n) is 12.8. The Hall–Kier alpha value is -1.93. The Labute approximate surface area is 136 Å². The van der Waals surface area contributed by atoms with Crippen LogP contribution in [0.25, 0.3) is 0 Å². The van der Waals surface area contributed by atoms with Crippen LogP contribution in [0.4, 0.5) is 5.69 Å². The highest BCUT2D eigenvalue weighted by molar-refractivity contribution is 6.30. The lowest BCUT2D eigenvalue weighted by atomic mass is 10.1. The molecule has 0 atom stereocenters. The summed E-state index contributed by atoms with van der Waals surface area (Å²) in [5.41, 5.74) is 2.87. The number of carbonyl (C=O) groups excluding carboxylic acids is 1. The van der Waals surface area contributed by atoms with Crippen LogP contribution in [0.5, 0.6) is 0 Å². The molecule has 0 amide bonds. The van der Waals surface area contributed by atoms with E-state index in [9.17, 15) is 4.79 Å². The third-order valence-electron chi connectivity index (χ3n) is 3.44. The second kappa shape index (κ2) is 8.50. The van der Waals surface area contributed by atoms with Crippen molar-refractivity contribution in [2.45, 2.75) is 32.6 Å². The standard InChI is InChI=1S/C19H20ClNO/c1-2-3-4-15-5-11-18(12-6-15)21-14-13-19(22)16-7-9-17(20)10-8-16/h5-12,14H,2-4,13H2,1H3. The van der Waals surface area contributed by atoms with Crippen LogP contribution in [0.2, 0.25) is 5.02 Å².